The number of thiazole rings is 1. The van der Waals surface area contributed by atoms with Crippen LogP contribution < -0.4 is 10.6 Å². The molecule has 0 unspecified atom stereocenters. The summed E-state index contributed by atoms with van der Waals surface area (Å²) < 4.78 is 0. The zero-order valence-electron chi connectivity index (χ0n) is 19.4. The van der Waals surface area contributed by atoms with Crippen molar-refractivity contribution in [3.63, 3.8) is 0 Å². The lowest BCUT2D eigenvalue weighted by atomic mass is 10.1. The molecule has 3 aromatic heterocycles. The molecule has 0 aliphatic rings. The number of benzene rings is 2. The normalized spacial score (nSPS) is 11.1. The van der Waals surface area contributed by atoms with Crippen LogP contribution in [0.25, 0.3) is 32.3 Å². The Bertz CT molecular complexity index is 1450. The van der Waals surface area contributed by atoms with Crippen molar-refractivity contribution in [1.82, 2.24) is 19.9 Å². The van der Waals surface area contributed by atoms with Gasteiger partial charge >= 0.3 is 0 Å². The maximum atomic E-state index is 13.4. The Morgan fingerprint density at radius 2 is 1.74 bits per heavy atom. The van der Waals surface area contributed by atoms with Crippen LogP contribution in [0.2, 0.25) is 0 Å². The summed E-state index contributed by atoms with van der Waals surface area (Å²) >= 11 is 1.49. The molecule has 174 valence electrons. The molecule has 0 aliphatic heterocycles. The zero-order valence-corrected chi connectivity index (χ0v) is 20.2. The van der Waals surface area contributed by atoms with Gasteiger partial charge in [-0.3, -0.25) is 4.79 Å². The molecule has 35 heavy (non-hydrogen) atoms. The van der Waals surface area contributed by atoms with Crippen molar-refractivity contribution in [2.45, 2.75) is 13.8 Å². The summed E-state index contributed by atoms with van der Waals surface area (Å²) in [6.45, 7) is 4.98. The van der Waals surface area contributed by atoms with Gasteiger partial charge in [0, 0.05) is 29.9 Å². The van der Waals surface area contributed by atoms with Crippen molar-refractivity contribution >= 4 is 39.1 Å². The summed E-state index contributed by atoms with van der Waals surface area (Å²) in [7, 11) is 0. The second-order valence-corrected chi connectivity index (χ2v) is 9.43. The Hall–Kier alpha value is -4.17. The number of hydrogen-bond acceptors (Lipinski definition) is 7. The number of rotatable bonds is 7. The Morgan fingerprint density at radius 1 is 0.943 bits per heavy atom. The molecule has 5 aromatic rings. The molecule has 5 rings (SSSR count). The molecule has 0 spiro atoms. The van der Waals surface area contributed by atoms with E-state index in [1.54, 1.807) is 12.3 Å². The minimum atomic E-state index is -0.316. The summed E-state index contributed by atoms with van der Waals surface area (Å²) in [6, 6.07) is 22.8. The monoisotopic (exact) mass is 480 g/mol. The van der Waals surface area contributed by atoms with Crippen LogP contribution in [0, 0.1) is 5.92 Å². The van der Waals surface area contributed by atoms with E-state index in [0.29, 0.717) is 23.2 Å². The first kappa shape index (κ1) is 22.6. The molecule has 0 bridgehead atoms. The van der Waals surface area contributed by atoms with Gasteiger partial charge in [0.25, 0.3) is 5.91 Å². The number of nitrogens with one attached hydrogen (secondary N) is 2. The van der Waals surface area contributed by atoms with Crippen LogP contribution in [0.3, 0.4) is 0 Å². The first-order valence-electron chi connectivity index (χ1n) is 11.4. The lowest BCUT2D eigenvalue weighted by molar-refractivity contribution is 0.102. The fourth-order valence-electron chi connectivity index (χ4n) is 3.53. The van der Waals surface area contributed by atoms with Gasteiger partial charge in [-0.2, -0.15) is 0 Å². The number of nitrogens with zero attached hydrogens (tertiary/aromatic N) is 4. The average Bonchev–Trinajstić information content (AvgIpc) is 3.32. The van der Waals surface area contributed by atoms with E-state index in [1.165, 1.54) is 11.3 Å². The SMILES string of the molecule is CC(C)CNc1cc(C(=O)Nc2ccccc2-c2nc3cccnc3s2)nc(-c2ccccc2)n1. The fourth-order valence-corrected chi connectivity index (χ4v) is 4.48. The Kier molecular flexibility index (Phi) is 6.45. The predicted molar refractivity (Wildman–Crippen MR) is 142 cm³/mol. The van der Waals surface area contributed by atoms with E-state index in [4.69, 9.17) is 4.98 Å². The van der Waals surface area contributed by atoms with Crippen molar-refractivity contribution in [3.05, 3.63) is 84.7 Å². The van der Waals surface area contributed by atoms with E-state index >= 15 is 0 Å². The van der Waals surface area contributed by atoms with Gasteiger partial charge < -0.3 is 10.6 Å². The molecule has 0 saturated carbocycles. The number of carbonyl (C=O) groups excluding carboxylic acids is 1. The summed E-state index contributed by atoms with van der Waals surface area (Å²) in [5, 5.41) is 7.14. The Labute approximate surface area is 207 Å². The second-order valence-electron chi connectivity index (χ2n) is 8.45. The highest BCUT2D eigenvalue weighted by Crippen LogP contribution is 2.33. The average molecular weight is 481 g/mol. The van der Waals surface area contributed by atoms with Crippen LogP contribution in [-0.2, 0) is 0 Å². The number of aromatic nitrogens is 4. The molecule has 0 radical (unpaired) electrons. The summed E-state index contributed by atoms with van der Waals surface area (Å²) in [5.74, 6) is 1.22. The Balaban J connectivity index is 1.48. The smallest absolute Gasteiger partial charge is 0.274 e. The van der Waals surface area contributed by atoms with Gasteiger partial charge in [-0.15, -0.1) is 0 Å². The van der Waals surface area contributed by atoms with Gasteiger partial charge in [0.05, 0.1) is 5.69 Å². The van der Waals surface area contributed by atoms with E-state index in [0.717, 1.165) is 33.0 Å². The molecule has 0 saturated heterocycles. The minimum Gasteiger partial charge on any atom is -0.370 e. The highest BCUT2D eigenvalue weighted by Gasteiger charge is 2.17. The molecule has 0 aliphatic carbocycles. The maximum Gasteiger partial charge on any atom is 0.274 e. The fraction of sp³-hybridized carbons (Fsp3) is 0.148. The van der Waals surface area contributed by atoms with Crippen LogP contribution in [0.4, 0.5) is 11.5 Å². The third-order valence-electron chi connectivity index (χ3n) is 5.25. The highest BCUT2D eigenvalue weighted by molar-refractivity contribution is 7.21. The van der Waals surface area contributed by atoms with E-state index in [9.17, 15) is 4.79 Å². The number of pyridine rings is 1. The molecule has 8 heteroatoms. The highest BCUT2D eigenvalue weighted by atomic mass is 32.1. The zero-order chi connectivity index (χ0) is 24.2. The van der Waals surface area contributed by atoms with Gasteiger partial charge in [-0.05, 0) is 30.2 Å². The van der Waals surface area contributed by atoms with Crippen LogP contribution in [0.1, 0.15) is 24.3 Å². The maximum absolute atomic E-state index is 13.4. The van der Waals surface area contributed by atoms with Crippen molar-refractivity contribution in [3.8, 4) is 22.0 Å². The largest absolute Gasteiger partial charge is 0.370 e. The number of hydrogen-bond donors (Lipinski definition) is 2. The summed E-state index contributed by atoms with van der Waals surface area (Å²) in [6.07, 6.45) is 1.75. The van der Waals surface area contributed by atoms with Crippen molar-refractivity contribution in [2.24, 2.45) is 5.92 Å². The number of fused-ring (bicyclic) bond motifs is 1. The van der Waals surface area contributed by atoms with E-state index < -0.39 is 0 Å². The molecule has 2 aromatic carbocycles. The van der Waals surface area contributed by atoms with Crippen LogP contribution in [0.5, 0.6) is 0 Å². The van der Waals surface area contributed by atoms with Gasteiger partial charge in [0.15, 0.2) is 5.82 Å². The lowest BCUT2D eigenvalue weighted by Crippen LogP contribution is -2.17. The van der Waals surface area contributed by atoms with Gasteiger partial charge in [-0.1, -0.05) is 67.6 Å². The number of para-hydroxylation sites is 1. The third-order valence-corrected chi connectivity index (χ3v) is 6.27. The summed E-state index contributed by atoms with van der Waals surface area (Å²) in [4.78, 5) is 32.5. The van der Waals surface area contributed by atoms with Crippen LogP contribution in [0.15, 0.2) is 79.0 Å². The van der Waals surface area contributed by atoms with Gasteiger partial charge in [0.2, 0.25) is 0 Å². The first-order valence-corrected chi connectivity index (χ1v) is 12.2. The van der Waals surface area contributed by atoms with E-state index in [-0.39, 0.29) is 11.6 Å². The number of anilines is 2. The second kappa shape index (κ2) is 9.99. The van der Waals surface area contributed by atoms with Crippen molar-refractivity contribution in [1.29, 1.82) is 0 Å². The van der Waals surface area contributed by atoms with Crippen LogP contribution in [-0.4, -0.2) is 32.4 Å². The van der Waals surface area contributed by atoms with Crippen molar-refractivity contribution in [2.75, 3.05) is 17.2 Å². The van der Waals surface area contributed by atoms with E-state index in [2.05, 4.69) is 39.4 Å². The number of carbonyl (C=O) groups is 1. The van der Waals surface area contributed by atoms with Gasteiger partial charge in [0.1, 0.15) is 26.9 Å². The molecule has 2 N–H and O–H groups in total. The van der Waals surface area contributed by atoms with Crippen LogP contribution >= 0.6 is 11.3 Å². The minimum absolute atomic E-state index is 0.283. The first-order chi connectivity index (χ1) is 17.1. The Morgan fingerprint density at radius 3 is 2.54 bits per heavy atom. The molecule has 1 amide bonds. The molecular weight excluding hydrogens is 456 g/mol. The van der Waals surface area contributed by atoms with Gasteiger partial charge in [-0.25, -0.2) is 19.9 Å². The van der Waals surface area contributed by atoms with E-state index in [1.807, 2.05) is 66.7 Å². The molecule has 0 fully saturated rings. The number of amides is 1. The predicted octanol–water partition coefficient (Wildman–Crippen LogP) is 6.14. The van der Waals surface area contributed by atoms with Crippen molar-refractivity contribution < 1.29 is 4.79 Å². The molecule has 0 atom stereocenters. The molecular formula is C27H24N6OS. The quantitative estimate of drug-likeness (QED) is 0.291. The molecule has 3 heterocycles. The third kappa shape index (κ3) is 5.17. The topological polar surface area (TPSA) is 92.7 Å². The molecule has 7 nitrogen and oxygen atoms in total. The summed E-state index contributed by atoms with van der Waals surface area (Å²) in [5.41, 5.74) is 3.45. The standard InChI is InChI=1S/C27H24N6OS/c1-17(2)16-29-23-15-22(30-24(33-23)18-9-4-3-5-10-18)25(34)31-20-12-7-6-11-19(20)26-32-21-13-8-14-28-27(21)35-26/h3-15,17H,16H2,1-2H3,(H,31,34)(H,29,30,33). The lowest BCUT2D eigenvalue weighted by Gasteiger charge is -2.13.